The molecule has 1 amide bonds. The number of benzene rings is 1. The number of sulfonamides is 1. The van der Waals surface area contributed by atoms with E-state index in [9.17, 15) is 13.2 Å². The number of hydrogen-bond acceptors (Lipinski definition) is 5. The largest absolute Gasteiger partial charge is 0.383 e. The van der Waals surface area contributed by atoms with Gasteiger partial charge in [-0.1, -0.05) is 0 Å². The summed E-state index contributed by atoms with van der Waals surface area (Å²) in [7, 11) is 1.76. The third-order valence-electron chi connectivity index (χ3n) is 2.87. The van der Waals surface area contributed by atoms with E-state index in [1.165, 1.54) is 31.4 Å². The Morgan fingerprint density at radius 2 is 1.82 bits per heavy atom. The quantitative estimate of drug-likeness (QED) is 0.618. The molecule has 7 nitrogen and oxygen atoms in total. The third-order valence-corrected chi connectivity index (χ3v) is 4.35. The lowest BCUT2D eigenvalue weighted by Gasteiger charge is -2.11. The summed E-state index contributed by atoms with van der Waals surface area (Å²) >= 11 is 0. The Morgan fingerprint density at radius 1 is 1.18 bits per heavy atom. The number of hydrogen-bond donors (Lipinski definition) is 2. The van der Waals surface area contributed by atoms with E-state index in [2.05, 4.69) is 10.0 Å². The minimum Gasteiger partial charge on any atom is -0.383 e. The van der Waals surface area contributed by atoms with Crippen LogP contribution in [0.15, 0.2) is 29.2 Å². The van der Waals surface area contributed by atoms with Crippen LogP contribution in [0.2, 0.25) is 0 Å². The summed E-state index contributed by atoms with van der Waals surface area (Å²) in [4.78, 5) is 14.0. The monoisotopic (exact) mass is 329 g/mol. The van der Waals surface area contributed by atoms with Crippen molar-refractivity contribution in [2.45, 2.75) is 4.90 Å². The van der Waals surface area contributed by atoms with Crippen LogP contribution in [-0.2, 0) is 14.8 Å². The summed E-state index contributed by atoms with van der Waals surface area (Å²) in [6, 6.07) is 5.82. The fourth-order valence-electron chi connectivity index (χ4n) is 1.64. The minimum absolute atomic E-state index is 0.119. The highest BCUT2D eigenvalue weighted by Crippen LogP contribution is 2.10. The van der Waals surface area contributed by atoms with Crippen LogP contribution in [0.25, 0.3) is 0 Å². The topological polar surface area (TPSA) is 87.7 Å². The maximum absolute atomic E-state index is 12.0. The van der Waals surface area contributed by atoms with E-state index in [4.69, 9.17) is 4.74 Å². The van der Waals surface area contributed by atoms with Crippen LogP contribution in [0.1, 0.15) is 10.4 Å². The second kappa shape index (κ2) is 8.84. The van der Waals surface area contributed by atoms with E-state index in [0.717, 1.165) is 6.54 Å². The van der Waals surface area contributed by atoms with Crippen LogP contribution < -0.4 is 10.0 Å². The minimum atomic E-state index is -3.57. The molecule has 0 aliphatic rings. The van der Waals surface area contributed by atoms with Gasteiger partial charge in [-0.15, -0.1) is 0 Å². The number of carbonyl (C=O) groups excluding carboxylic acids is 1. The molecule has 0 radical (unpaired) electrons. The lowest BCUT2D eigenvalue weighted by Crippen LogP contribution is -2.31. The van der Waals surface area contributed by atoms with Crippen molar-refractivity contribution in [3.05, 3.63) is 29.8 Å². The van der Waals surface area contributed by atoms with Gasteiger partial charge in [0.2, 0.25) is 10.0 Å². The molecule has 2 N–H and O–H groups in total. The van der Waals surface area contributed by atoms with Crippen molar-refractivity contribution < 1.29 is 17.9 Å². The van der Waals surface area contributed by atoms with Gasteiger partial charge in [0.25, 0.3) is 5.91 Å². The van der Waals surface area contributed by atoms with E-state index in [1.54, 1.807) is 0 Å². The van der Waals surface area contributed by atoms with E-state index < -0.39 is 10.0 Å². The van der Waals surface area contributed by atoms with Crippen molar-refractivity contribution in [1.82, 2.24) is 14.9 Å². The van der Waals surface area contributed by atoms with Crippen LogP contribution in [-0.4, -0.2) is 66.7 Å². The predicted octanol–water partition coefficient (Wildman–Crippen LogP) is -0.0973. The molecule has 0 spiro atoms. The second-order valence-electron chi connectivity index (χ2n) is 4.97. The predicted molar refractivity (Wildman–Crippen MR) is 84.4 cm³/mol. The summed E-state index contributed by atoms with van der Waals surface area (Å²) in [5, 5.41) is 2.77. The van der Waals surface area contributed by atoms with Gasteiger partial charge >= 0.3 is 0 Å². The van der Waals surface area contributed by atoms with Gasteiger partial charge in [-0.3, -0.25) is 4.79 Å². The Bertz CT molecular complexity index is 570. The molecule has 22 heavy (non-hydrogen) atoms. The third kappa shape index (κ3) is 6.10. The first-order chi connectivity index (χ1) is 10.4. The Kier molecular flexibility index (Phi) is 7.46. The van der Waals surface area contributed by atoms with E-state index >= 15 is 0 Å². The molecule has 0 unspecified atom stereocenters. The van der Waals surface area contributed by atoms with Gasteiger partial charge in [-0.2, -0.15) is 0 Å². The van der Waals surface area contributed by atoms with Crippen LogP contribution in [0, 0.1) is 0 Å². The molecule has 0 heterocycles. The molecule has 8 heteroatoms. The fourth-order valence-corrected chi connectivity index (χ4v) is 2.66. The Morgan fingerprint density at radius 3 is 2.36 bits per heavy atom. The smallest absolute Gasteiger partial charge is 0.251 e. The number of nitrogens with one attached hydrogen (secondary N) is 2. The number of likely N-dealkylation sites (N-methyl/N-ethyl adjacent to an activating group) is 1. The maximum Gasteiger partial charge on any atom is 0.251 e. The van der Waals surface area contributed by atoms with E-state index in [0.29, 0.717) is 18.7 Å². The summed E-state index contributed by atoms with van der Waals surface area (Å²) in [6.07, 6.45) is 0. The van der Waals surface area contributed by atoms with E-state index in [1.807, 2.05) is 19.0 Å². The van der Waals surface area contributed by atoms with Crippen LogP contribution in [0.3, 0.4) is 0 Å². The molecule has 1 rings (SSSR count). The molecule has 0 bridgehead atoms. The lowest BCUT2D eigenvalue weighted by atomic mass is 10.2. The summed E-state index contributed by atoms with van der Waals surface area (Å²) in [5.74, 6) is -0.224. The SMILES string of the molecule is COCCNS(=O)(=O)c1ccc(C(=O)NCCN(C)C)cc1. The Balaban J connectivity index is 2.64. The first-order valence-electron chi connectivity index (χ1n) is 6.88. The average molecular weight is 329 g/mol. The fraction of sp³-hybridized carbons (Fsp3) is 0.500. The zero-order valence-corrected chi connectivity index (χ0v) is 13.9. The van der Waals surface area contributed by atoms with Gasteiger partial charge in [0, 0.05) is 32.3 Å². The molecular formula is C14H23N3O4S. The lowest BCUT2D eigenvalue weighted by molar-refractivity contribution is 0.0951. The molecule has 0 aliphatic carbocycles. The summed E-state index contributed by atoms with van der Waals surface area (Å²) < 4.78 is 31.1. The summed E-state index contributed by atoms with van der Waals surface area (Å²) in [5.41, 5.74) is 0.426. The molecule has 0 saturated heterocycles. The highest BCUT2D eigenvalue weighted by molar-refractivity contribution is 7.89. The maximum atomic E-state index is 12.0. The van der Waals surface area contributed by atoms with Crippen molar-refractivity contribution in [1.29, 1.82) is 0 Å². The molecule has 0 fully saturated rings. The highest BCUT2D eigenvalue weighted by atomic mass is 32.2. The van der Waals surface area contributed by atoms with Crippen molar-refractivity contribution in [2.75, 3.05) is 47.4 Å². The molecule has 0 aromatic heterocycles. The van der Waals surface area contributed by atoms with Crippen molar-refractivity contribution in [3.63, 3.8) is 0 Å². The molecule has 1 aromatic carbocycles. The van der Waals surface area contributed by atoms with Gasteiger partial charge in [-0.05, 0) is 38.4 Å². The van der Waals surface area contributed by atoms with E-state index in [-0.39, 0.29) is 17.3 Å². The molecule has 0 atom stereocenters. The number of methoxy groups -OCH3 is 1. The van der Waals surface area contributed by atoms with Crippen LogP contribution in [0.4, 0.5) is 0 Å². The van der Waals surface area contributed by atoms with Gasteiger partial charge in [-0.25, -0.2) is 13.1 Å². The van der Waals surface area contributed by atoms with Crippen LogP contribution >= 0.6 is 0 Å². The first kappa shape index (κ1) is 18.6. The summed E-state index contributed by atoms with van der Waals surface area (Å²) in [6.45, 7) is 1.77. The van der Waals surface area contributed by atoms with Crippen molar-refractivity contribution in [3.8, 4) is 0 Å². The number of nitrogens with zero attached hydrogens (tertiary/aromatic N) is 1. The number of ether oxygens (including phenoxy) is 1. The zero-order valence-electron chi connectivity index (χ0n) is 13.1. The number of carbonyl (C=O) groups is 1. The molecule has 124 valence electrons. The normalized spacial score (nSPS) is 11.6. The number of rotatable bonds is 9. The van der Waals surface area contributed by atoms with Crippen molar-refractivity contribution in [2.24, 2.45) is 0 Å². The number of amides is 1. The molecule has 0 aliphatic heterocycles. The Hall–Kier alpha value is -1.48. The average Bonchev–Trinajstić information content (AvgIpc) is 2.47. The Labute approximate surface area is 131 Å². The zero-order chi connectivity index (χ0) is 16.6. The van der Waals surface area contributed by atoms with Gasteiger partial charge in [0.15, 0.2) is 0 Å². The first-order valence-corrected chi connectivity index (χ1v) is 8.36. The van der Waals surface area contributed by atoms with Gasteiger partial charge < -0.3 is 15.0 Å². The van der Waals surface area contributed by atoms with Gasteiger partial charge in [0.1, 0.15) is 0 Å². The van der Waals surface area contributed by atoms with Crippen LogP contribution in [0.5, 0.6) is 0 Å². The van der Waals surface area contributed by atoms with Gasteiger partial charge in [0.05, 0.1) is 11.5 Å². The van der Waals surface area contributed by atoms with Crippen molar-refractivity contribution >= 4 is 15.9 Å². The molecule has 1 aromatic rings. The highest BCUT2D eigenvalue weighted by Gasteiger charge is 2.14. The molecule has 0 saturated carbocycles. The standard InChI is InChI=1S/C14H23N3O4S/c1-17(2)10-8-15-14(18)12-4-6-13(7-5-12)22(19,20)16-9-11-21-3/h4-7,16H,8-11H2,1-3H3,(H,15,18). The molecular weight excluding hydrogens is 306 g/mol. The second-order valence-corrected chi connectivity index (χ2v) is 6.74.